The molecule has 2 aromatic carbocycles. The van der Waals surface area contributed by atoms with Crippen molar-refractivity contribution in [3.63, 3.8) is 0 Å². The summed E-state index contributed by atoms with van der Waals surface area (Å²) in [5, 5.41) is 5.94. The Hall–Kier alpha value is -2.29. The highest BCUT2D eigenvalue weighted by Gasteiger charge is 2.13. The van der Waals surface area contributed by atoms with Crippen LogP contribution >= 0.6 is 0 Å². The molecule has 0 bridgehead atoms. The van der Waals surface area contributed by atoms with E-state index in [-0.39, 0.29) is 12.1 Å². The smallest absolute Gasteiger partial charge is 0.319 e. The van der Waals surface area contributed by atoms with Gasteiger partial charge in [-0.2, -0.15) is 0 Å². The van der Waals surface area contributed by atoms with Crippen molar-refractivity contribution in [1.29, 1.82) is 0 Å². The van der Waals surface area contributed by atoms with Crippen molar-refractivity contribution in [3.05, 3.63) is 64.7 Å². The molecule has 0 heterocycles. The predicted molar refractivity (Wildman–Crippen MR) is 94.9 cm³/mol. The van der Waals surface area contributed by atoms with Gasteiger partial charge < -0.3 is 10.6 Å². The molecule has 3 heteroatoms. The van der Waals surface area contributed by atoms with E-state index < -0.39 is 0 Å². The van der Waals surface area contributed by atoms with Gasteiger partial charge in [-0.15, -0.1) is 0 Å². The second kappa shape index (κ2) is 6.86. The van der Waals surface area contributed by atoms with E-state index in [4.69, 9.17) is 0 Å². The molecule has 2 N–H and O–H groups in total. The fourth-order valence-electron chi connectivity index (χ4n) is 3.14. The monoisotopic (exact) mass is 308 g/mol. The summed E-state index contributed by atoms with van der Waals surface area (Å²) in [4.78, 5) is 12.2. The van der Waals surface area contributed by atoms with Crippen LogP contribution in [0.5, 0.6) is 0 Å². The normalized spacial score (nSPS) is 14.2. The van der Waals surface area contributed by atoms with Gasteiger partial charge in [-0.05, 0) is 67.0 Å². The van der Waals surface area contributed by atoms with E-state index >= 15 is 0 Å². The first-order chi connectivity index (χ1) is 11.2. The number of carbonyl (C=O) groups is 1. The Labute approximate surface area is 138 Å². The third-order valence-corrected chi connectivity index (χ3v) is 4.59. The lowest BCUT2D eigenvalue weighted by molar-refractivity contribution is 0.249. The Balaban J connectivity index is 1.60. The second-order valence-corrected chi connectivity index (χ2v) is 6.25. The first-order valence-electron chi connectivity index (χ1n) is 8.44. The molecule has 0 radical (unpaired) electrons. The minimum absolute atomic E-state index is 0.0182. The van der Waals surface area contributed by atoms with Gasteiger partial charge in [-0.1, -0.05) is 37.3 Å². The molecule has 1 aliphatic carbocycles. The molecule has 0 saturated carbocycles. The molecular formula is C20H24N2O. The fourth-order valence-corrected chi connectivity index (χ4v) is 3.14. The molecule has 0 unspecified atom stereocenters. The Bertz CT molecular complexity index is 691. The van der Waals surface area contributed by atoms with Gasteiger partial charge in [0.15, 0.2) is 0 Å². The maximum absolute atomic E-state index is 12.2. The van der Waals surface area contributed by atoms with Gasteiger partial charge in [-0.25, -0.2) is 4.79 Å². The third kappa shape index (κ3) is 3.73. The van der Waals surface area contributed by atoms with Crippen molar-refractivity contribution in [2.75, 3.05) is 5.32 Å². The van der Waals surface area contributed by atoms with Crippen LogP contribution in [0.25, 0.3) is 0 Å². The number of hydrogen-bond donors (Lipinski definition) is 2. The lowest BCUT2D eigenvalue weighted by Crippen LogP contribution is -2.31. The second-order valence-electron chi connectivity index (χ2n) is 6.25. The largest absolute Gasteiger partial charge is 0.331 e. The lowest BCUT2D eigenvalue weighted by Gasteiger charge is -2.16. The van der Waals surface area contributed by atoms with Gasteiger partial charge in [0.05, 0.1) is 6.04 Å². The van der Waals surface area contributed by atoms with Crippen molar-refractivity contribution in [1.82, 2.24) is 5.32 Å². The first-order valence-corrected chi connectivity index (χ1v) is 8.44. The lowest BCUT2D eigenvalue weighted by atomic mass is 10.1. The van der Waals surface area contributed by atoms with Gasteiger partial charge in [0.1, 0.15) is 0 Å². The summed E-state index contributed by atoms with van der Waals surface area (Å²) in [6, 6.07) is 14.4. The number of carbonyl (C=O) groups excluding carboxylic acids is 1. The number of urea groups is 1. The Morgan fingerprint density at radius 2 is 1.83 bits per heavy atom. The molecule has 0 spiro atoms. The Kier molecular flexibility index (Phi) is 4.65. The van der Waals surface area contributed by atoms with Crippen LogP contribution < -0.4 is 10.6 Å². The van der Waals surface area contributed by atoms with Gasteiger partial charge >= 0.3 is 6.03 Å². The number of rotatable bonds is 4. The number of nitrogens with one attached hydrogen (secondary N) is 2. The van der Waals surface area contributed by atoms with E-state index in [9.17, 15) is 4.79 Å². The minimum atomic E-state index is -0.157. The van der Waals surface area contributed by atoms with Gasteiger partial charge in [-0.3, -0.25) is 0 Å². The van der Waals surface area contributed by atoms with E-state index in [2.05, 4.69) is 54.0 Å². The Morgan fingerprint density at radius 3 is 2.57 bits per heavy atom. The SMILES string of the molecule is CCc1ccc([C@@H](C)NC(=O)Nc2ccc3c(c2)CCC3)cc1. The summed E-state index contributed by atoms with van der Waals surface area (Å²) in [5.41, 5.74) is 6.08. The standard InChI is InChI=1S/C20H24N2O/c1-3-15-7-9-16(10-8-15)14(2)21-20(23)22-19-12-11-17-5-4-6-18(17)13-19/h7-14H,3-6H2,1-2H3,(H2,21,22,23)/t14-/m1/s1. The van der Waals surface area contributed by atoms with E-state index in [1.807, 2.05) is 13.0 Å². The third-order valence-electron chi connectivity index (χ3n) is 4.59. The summed E-state index contributed by atoms with van der Waals surface area (Å²) in [7, 11) is 0. The molecule has 3 nitrogen and oxygen atoms in total. The molecule has 2 amide bonds. The minimum Gasteiger partial charge on any atom is -0.331 e. The predicted octanol–water partition coefficient (Wildman–Crippen LogP) is 4.62. The highest BCUT2D eigenvalue weighted by Crippen LogP contribution is 2.25. The average molecular weight is 308 g/mol. The van der Waals surface area contributed by atoms with Gasteiger partial charge in [0, 0.05) is 5.69 Å². The zero-order valence-electron chi connectivity index (χ0n) is 13.9. The van der Waals surface area contributed by atoms with Gasteiger partial charge in [0.2, 0.25) is 0 Å². The van der Waals surface area contributed by atoms with Crippen molar-refractivity contribution in [3.8, 4) is 0 Å². The molecule has 2 aromatic rings. The molecule has 1 atom stereocenters. The molecule has 120 valence electrons. The summed E-state index contributed by atoms with van der Waals surface area (Å²) in [5.74, 6) is 0. The first kappa shape index (κ1) is 15.6. The summed E-state index contributed by atoms with van der Waals surface area (Å²) in [6.45, 7) is 4.14. The number of fused-ring (bicyclic) bond motifs is 1. The Morgan fingerprint density at radius 1 is 1.09 bits per heavy atom. The maximum atomic E-state index is 12.2. The highest BCUT2D eigenvalue weighted by atomic mass is 16.2. The van der Waals surface area contributed by atoms with Crippen LogP contribution in [0.1, 0.15) is 48.6 Å². The number of aryl methyl sites for hydroxylation is 3. The average Bonchev–Trinajstić information content (AvgIpc) is 3.02. The summed E-state index contributed by atoms with van der Waals surface area (Å²) < 4.78 is 0. The number of hydrogen-bond acceptors (Lipinski definition) is 1. The van der Waals surface area contributed by atoms with Crippen LogP contribution in [0.3, 0.4) is 0 Å². The highest BCUT2D eigenvalue weighted by molar-refractivity contribution is 5.89. The maximum Gasteiger partial charge on any atom is 0.319 e. The van der Waals surface area contributed by atoms with E-state index in [1.165, 1.54) is 23.1 Å². The quantitative estimate of drug-likeness (QED) is 0.850. The summed E-state index contributed by atoms with van der Waals surface area (Å²) >= 11 is 0. The molecule has 1 aliphatic rings. The van der Waals surface area contributed by atoms with E-state index in [1.54, 1.807) is 0 Å². The van der Waals surface area contributed by atoms with Crippen molar-refractivity contribution >= 4 is 11.7 Å². The van der Waals surface area contributed by atoms with E-state index in [0.29, 0.717) is 0 Å². The zero-order valence-corrected chi connectivity index (χ0v) is 13.9. The van der Waals surface area contributed by atoms with Crippen molar-refractivity contribution in [2.45, 2.75) is 45.6 Å². The molecular weight excluding hydrogens is 284 g/mol. The van der Waals surface area contributed by atoms with Crippen LogP contribution in [0.15, 0.2) is 42.5 Å². The number of anilines is 1. The van der Waals surface area contributed by atoms with Crippen LogP contribution in [0, 0.1) is 0 Å². The van der Waals surface area contributed by atoms with E-state index in [0.717, 1.165) is 30.5 Å². The van der Waals surface area contributed by atoms with Crippen LogP contribution in [-0.2, 0) is 19.3 Å². The van der Waals surface area contributed by atoms with Crippen molar-refractivity contribution < 1.29 is 4.79 Å². The molecule has 0 fully saturated rings. The van der Waals surface area contributed by atoms with Crippen LogP contribution in [-0.4, -0.2) is 6.03 Å². The molecule has 0 aromatic heterocycles. The zero-order chi connectivity index (χ0) is 16.2. The molecule has 0 saturated heterocycles. The van der Waals surface area contributed by atoms with Crippen LogP contribution in [0.4, 0.5) is 10.5 Å². The molecule has 3 rings (SSSR count). The van der Waals surface area contributed by atoms with Gasteiger partial charge in [0.25, 0.3) is 0 Å². The fraction of sp³-hybridized carbons (Fsp3) is 0.350. The van der Waals surface area contributed by atoms with Crippen LogP contribution in [0.2, 0.25) is 0 Å². The topological polar surface area (TPSA) is 41.1 Å². The summed E-state index contributed by atoms with van der Waals surface area (Å²) in [6.07, 6.45) is 4.52. The molecule has 23 heavy (non-hydrogen) atoms. The molecule has 0 aliphatic heterocycles. The van der Waals surface area contributed by atoms with Crippen molar-refractivity contribution in [2.24, 2.45) is 0 Å². The number of benzene rings is 2. The number of amides is 2.